The van der Waals surface area contributed by atoms with Gasteiger partial charge in [0.15, 0.2) is 0 Å². The number of aryl methyl sites for hydroxylation is 1. The number of piperazine rings is 1. The lowest BCUT2D eigenvalue weighted by molar-refractivity contribution is 0.0747. The van der Waals surface area contributed by atoms with E-state index in [4.69, 9.17) is 11.6 Å². The van der Waals surface area contributed by atoms with E-state index in [-0.39, 0.29) is 5.91 Å². The average Bonchev–Trinajstić information content (AvgIpc) is 2.62. The van der Waals surface area contributed by atoms with Crippen molar-refractivity contribution in [1.29, 1.82) is 0 Å². The normalized spacial score (nSPS) is 14.9. The number of halogens is 1. The van der Waals surface area contributed by atoms with Gasteiger partial charge < -0.3 is 9.80 Å². The summed E-state index contributed by atoms with van der Waals surface area (Å²) in [5.74, 6) is 0.128. The maximum atomic E-state index is 12.6. The van der Waals surface area contributed by atoms with Gasteiger partial charge >= 0.3 is 0 Å². The van der Waals surface area contributed by atoms with Crippen molar-refractivity contribution in [1.82, 2.24) is 4.90 Å². The Hall–Kier alpha value is -2.00. The van der Waals surface area contributed by atoms with E-state index < -0.39 is 0 Å². The number of benzene rings is 2. The Bertz CT molecular complexity index is 659. The summed E-state index contributed by atoms with van der Waals surface area (Å²) in [7, 11) is 0. The number of nitrogens with zero attached hydrogens (tertiary/aromatic N) is 2. The van der Waals surface area contributed by atoms with E-state index in [1.54, 1.807) is 0 Å². The Labute approximate surface area is 142 Å². The fourth-order valence-corrected chi connectivity index (χ4v) is 3.01. The van der Waals surface area contributed by atoms with Crippen LogP contribution in [0.4, 0.5) is 5.69 Å². The van der Waals surface area contributed by atoms with Crippen LogP contribution >= 0.6 is 11.6 Å². The van der Waals surface area contributed by atoms with Crippen LogP contribution in [0.15, 0.2) is 48.5 Å². The van der Waals surface area contributed by atoms with Crippen molar-refractivity contribution >= 4 is 23.2 Å². The first-order valence-electron chi connectivity index (χ1n) is 8.06. The van der Waals surface area contributed by atoms with Crippen molar-refractivity contribution in [2.45, 2.75) is 13.3 Å². The second-order valence-corrected chi connectivity index (χ2v) is 6.24. The third-order valence-electron chi connectivity index (χ3n) is 4.37. The number of carbonyl (C=O) groups excluding carboxylic acids is 1. The molecule has 1 heterocycles. The minimum absolute atomic E-state index is 0.128. The van der Waals surface area contributed by atoms with Crippen molar-refractivity contribution in [3.63, 3.8) is 0 Å². The third kappa shape index (κ3) is 3.67. The number of anilines is 1. The zero-order valence-electron chi connectivity index (χ0n) is 13.3. The molecule has 2 aromatic rings. The molecule has 1 saturated heterocycles. The molecule has 2 aromatic carbocycles. The lowest BCUT2D eigenvalue weighted by Crippen LogP contribution is -2.48. The molecule has 3 rings (SSSR count). The average molecular weight is 329 g/mol. The predicted molar refractivity (Wildman–Crippen MR) is 95.4 cm³/mol. The SMILES string of the molecule is CCc1ccc(C(=O)N2CCN(c3ccc(Cl)cc3)CC2)cc1. The number of carbonyl (C=O) groups is 1. The first-order valence-corrected chi connectivity index (χ1v) is 8.44. The smallest absolute Gasteiger partial charge is 0.253 e. The van der Waals surface area contributed by atoms with Crippen LogP contribution in [0.5, 0.6) is 0 Å². The Kier molecular flexibility index (Phi) is 4.87. The van der Waals surface area contributed by atoms with Gasteiger partial charge in [0.25, 0.3) is 5.91 Å². The largest absolute Gasteiger partial charge is 0.368 e. The van der Waals surface area contributed by atoms with Crippen molar-refractivity contribution < 1.29 is 4.79 Å². The quantitative estimate of drug-likeness (QED) is 0.854. The van der Waals surface area contributed by atoms with Gasteiger partial charge in [-0.25, -0.2) is 0 Å². The first kappa shape index (κ1) is 15.9. The van der Waals surface area contributed by atoms with Crippen molar-refractivity contribution in [3.8, 4) is 0 Å². The highest BCUT2D eigenvalue weighted by atomic mass is 35.5. The molecule has 4 heteroatoms. The summed E-state index contributed by atoms with van der Waals surface area (Å²) < 4.78 is 0. The summed E-state index contributed by atoms with van der Waals surface area (Å²) >= 11 is 5.93. The third-order valence-corrected chi connectivity index (χ3v) is 4.62. The molecule has 0 bridgehead atoms. The highest BCUT2D eigenvalue weighted by molar-refractivity contribution is 6.30. The molecule has 0 aliphatic carbocycles. The fourth-order valence-electron chi connectivity index (χ4n) is 2.89. The highest BCUT2D eigenvalue weighted by Crippen LogP contribution is 2.20. The Balaban J connectivity index is 1.61. The van der Waals surface area contributed by atoms with Gasteiger partial charge in [-0.05, 0) is 48.4 Å². The second-order valence-electron chi connectivity index (χ2n) is 5.81. The number of rotatable bonds is 3. The standard InChI is InChI=1S/C19H21ClN2O/c1-2-15-3-5-16(6-4-15)19(23)22-13-11-21(12-14-22)18-9-7-17(20)8-10-18/h3-10H,2,11-14H2,1H3. The molecule has 1 aliphatic rings. The summed E-state index contributed by atoms with van der Waals surface area (Å²) in [6, 6.07) is 15.8. The Morgan fingerprint density at radius 1 is 0.957 bits per heavy atom. The lowest BCUT2D eigenvalue weighted by Gasteiger charge is -2.36. The molecule has 120 valence electrons. The fraction of sp³-hybridized carbons (Fsp3) is 0.316. The maximum absolute atomic E-state index is 12.6. The van der Waals surface area contributed by atoms with E-state index in [0.717, 1.165) is 48.9 Å². The predicted octanol–water partition coefficient (Wildman–Crippen LogP) is 3.86. The first-order chi connectivity index (χ1) is 11.2. The Morgan fingerprint density at radius 3 is 2.13 bits per heavy atom. The molecule has 1 amide bonds. The van der Waals surface area contributed by atoms with Crippen LogP contribution in [-0.2, 0) is 6.42 Å². The maximum Gasteiger partial charge on any atom is 0.253 e. The van der Waals surface area contributed by atoms with Crippen molar-refractivity contribution in [2.24, 2.45) is 0 Å². The zero-order chi connectivity index (χ0) is 16.2. The van der Waals surface area contributed by atoms with Crippen LogP contribution in [0, 0.1) is 0 Å². The van der Waals surface area contributed by atoms with Gasteiger partial charge in [0.05, 0.1) is 0 Å². The van der Waals surface area contributed by atoms with Gasteiger partial charge in [-0.15, -0.1) is 0 Å². The molecular weight excluding hydrogens is 308 g/mol. The number of hydrogen-bond donors (Lipinski definition) is 0. The number of amides is 1. The molecular formula is C19H21ClN2O. The van der Waals surface area contributed by atoms with E-state index in [1.807, 2.05) is 53.4 Å². The van der Waals surface area contributed by atoms with E-state index in [2.05, 4.69) is 11.8 Å². The van der Waals surface area contributed by atoms with Gasteiger partial charge in [-0.3, -0.25) is 4.79 Å². The molecule has 0 saturated carbocycles. The molecule has 0 aromatic heterocycles. The van der Waals surface area contributed by atoms with Crippen molar-refractivity contribution in [2.75, 3.05) is 31.1 Å². The summed E-state index contributed by atoms with van der Waals surface area (Å²) in [6.45, 7) is 5.31. The van der Waals surface area contributed by atoms with E-state index in [1.165, 1.54) is 5.56 Å². The minimum Gasteiger partial charge on any atom is -0.368 e. The van der Waals surface area contributed by atoms with Gasteiger partial charge in [0.2, 0.25) is 0 Å². The summed E-state index contributed by atoms with van der Waals surface area (Å²) in [4.78, 5) is 16.8. The van der Waals surface area contributed by atoms with Gasteiger partial charge in [0, 0.05) is 42.5 Å². The van der Waals surface area contributed by atoms with Crippen LogP contribution in [0.3, 0.4) is 0 Å². The highest BCUT2D eigenvalue weighted by Gasteiger charge is 2.22. The molecule has 0 spiro atoms. The minimum atomic E-state index is 0.128. The van der Waals surface area contributed by atoms with Crippen LogP contribution in [0.2, 0.25) is 5.02 Å². The van der Waals surface area contributed by atoms with E-state index in [0.29, 0.717) is 0 Å². The lowest BCUT2D eigenvalue weighted by atomic mass is 10.1. The molecule has 3 nitrogen and oxygen atoms in total. The van der Waals surface area contributed by atoms with Crippen LogP contribution < -0.4 is 4.90 Å². The molecule has 1 aliphatic heterocycles. The topological polar surface area (TPSA) is 23.6 Å². The summed E-state index contributed by atoms with van der Waals surface area (Å²) in [6.07, 6.45) is 0.994. The van der Waals surface area contributed by atoms with Gasteiger partial charge in [-0.1, -0.05) is 30.7 Å². The van der Waals surface area contributed by atoms with Crippen molar-refractivity contribution in [3.05, 3.63) is 64.7 Å². The molecule has 1 fully saturated rings. The van der Waals surface area contributed by atoms with E-state index >= 15 is 0 Å². The molecule has 0 atom stereocenters. The summed E-state index contributed by atoms with van der Waals surface area (Å²) in [5, 5.41) is 0.748. The summed E-state index contributed by atoms with van der Waals surface area (Å²) in [5.41, 5.74) is 3.20. The van der Waals surface area contributed by atoms with Crippen LogP contribution in [-0.4, -0.2) is 37.0 Å². The van der Waals surface area contributed by atoms with Gasteiger partial charge in [-0.2, -0.15) is 0 Å². The molecule has 0 N–H and O–H groups in total. The monoisotopic (exact) mass is 328 g/mol. The molecule has 0 radical (unpaired) electrons. The zero-order valence-corrected chi connectivity index (χ0v) is 14.1. The van der Waals surface area contributed by atoms with Gasteiger partial charge in [0.1, 0.15) is 0 Å². The molecule has 23 heavy (non-hydrogen) atoms. The van der Waals surface area contributed by atoms with Crippen LogP contribution in [0.25, 0.3) is 0 Å². The number of hydrogen-bond acceptors (Lipinski definition) is 2. The van der Waals surface area contributed by atoms with Crippen LogP contribution in [0.1, 0.15) is 22.8 Å². The second kappa shape index (κ2) is 7.05. The van der Waals surface area contributed by atoms with E-state index in [9.17, 15) is 4.79 Å². The Morgan fingerprint density at radius 2 is 1.57 bits per heavy atom. The molecule has 0 unspecified atom stereocenters.